The van der Waals surface area contributed by atoms with Crippen LogP contribution in [-0.2, 0) is 9.98 Å². The van der Waals surface area contributed by atoms with Crippen molar-refractivity contribution in [2.75, 3.05) is 7.11 Å². The van der Waals surface area contributed by atoms with Crippen molar-refractivity contribution in [3.8, 4) is 17.2 Å². The third-order valence-electron chi connectivity index (χ3n) is 7.34. The fourth-order valence-corrected chi connectivity index (χ4v) is 7.44. The van der Waals surface area contributed by atoms with Crippen molar-refractivity contribution in [2.45, 2.75) is 33.6 Å². The van der Waals surface area contributed by atoms with Crippen LogP contribution in [0.1, 0.15) is 38.0 Å². The average molecular weight is 549 g/mol. The first-order chi connectivity index (χ1) is 18.8. The summed E-state index contributed by atoms with van der Waals surface area (Å²) in [6.07, 6.45) is 0. The molecule has 0 saturated heterocycles. The maximum absolute atomic E-state index is 14.6. The van der Waals surface area contributed by atoms with Crippen LogP contribution in [0, 0.1) is 6.92 Å². The second-order valence-electron chi connectivity index (χ2n) is 10.3. The number of benzene rings is 5. The van der Waals surface area contributed by atoms with Gasteiger partial charge in [0.2, 0.25) is 0 Å². The Hall–Kier alpha value is -4.07. The summed E-state index contributed by atoms with van der Waals surface area (Å²) >= 11 is 0. The second-order valence-corrected chi connectivity index (χ2v) is 13.0. The summed E-state index contributed by atoms with van der Waals surface area (Å²) in [5, 5.41) is 2.42. The molecule has 40 heavy (non-hydrogen) atoms. The zero-order valence-corrected chi connectivity index (χ0v) is 23.7. The molecule has 0 saturated carbocycles. The Kier molecular flexibility index (Phi) is 8.67. The summed E-state index contributed by atoms with van der Waals surface area (Å²) in [6.45, 7) is 6.46. The van der Waals surface area contributed by atoms with Crippen molar-refractivity contribution < 1.29 is 14.0 Å². The van der Waals surface area contributed by atoms with Crippen molar-refractivity contribution >= 4 is 23.1 Å². The fourth-order valence-electron chi connectivity index (χ4n) is 4.81. The Balaban J connectivity index is 0.00000370. The van der Waals surface area contributed by atoms with Gasteiger partial charge >= 0.3 is 0 Å². The molecule has 0 N–H and O–H groups in total. The van der Waals surface area contributed by atoms with Crippen molar-refractivity contribution in [3.63, 3.8) is 0 Å². The van der Waals surface area contributed by atoms with Gasteiger partial charge in [0.1, 0.15) is 17.2 Å². The van der Waals surface area contributed by atoms with Gasteiger partial charge in [0.05, 0.1) is 7.11 Å². The topological polar surface area (TPSA) is 35.5 Å². The Bertz CT molecular complexity index is 1570. The summed E-state index contributed by atoms with van der Waals surface area (Å²) in [5.74, 6) is 2.30. The van der Waals surface area contributed by atoms with Gasteiger partial charge < -0.3 is 14.0 Å². The van der Waals surface area contributed by atoms with Gasteiger partial charge in [0.25, 0.3) is 0 Å². The molecule has 4 heteroatoms. The first kappa shape index (κ1) is 28.9. The number of rotatable bonds is 8. The summed E-state index contributed by atoms with van der Waals surface area (Å²) in [5.41, 5.74) is 3.38. The molecule has 0 aromatic heterocycles. The van der Waals surface area contributed by atoms with Gasteiger partial charge in [0, 0.05) is 21.3 Å². The van der Waals surface area contributed by atoms with Crippen LogP contribution in [0.3, 0.4) is 0 Å². The molecule has 0 spiro atoms. The molecule has 0 radical (unpaired) electrons. The Morgan fingerprint density at radius 1 is 0.550 bits per heavy atom. The Morgan fingerprint density at radius 3 is 1.43 bits per heavy atom. The lowest BCUT2D eigenvalue weighted by atomic mass is 9.78. The molecule has 0 aliphatic heterocycles. The van der Waals surface area contributed by atoms with Crippen molar-refractivity contribution in [1.29, 1.82) is 0 Å². The SMILES string of the molecule is C.COc1ccc(C(C)(C)c2ccc(Oc3ccc(P(=O)(c4ccccc4)c4ccc(C)cc4)cc3)cc2)cc1. The van der Waals surface area contributed by atoms with Crippen LogP contribution in [0.5, 0.6) is 17.2 Å². The van der Waals surface area contributed by atoms with Crippen molar-refractivity contribution in [3.05, 3.63) is 144 Å². The van der Waals surface area contributed by atoms with E-state index in [1.165, 1.54) is 11.1 Å². The van der Waals surface area contributed by atoms with E-state index in [9.17, 15) is 4.57 Å². The van der Waals surface area contributed by atoms with Crippen molar-refractivity contribution in [1.82, 2.24) is 0 Å². The highest BCUT2D eigenvalue weighted by Gasteiger charge is 2.29. The van der Waals surface area contributed by atoms with E-state index in [4.69, 9.17) is 9.47 Å². The summed E-state index contributed by atoms with van der Waals surface area (Å²) in [6, 6.07) is 41.7. The molecule has 0 heterocycles. The molecule has 0 aliphatic rings. The zero-order valence-electron chi connectivity index (χ0n) is 22.8. The second kappa shape index (κ2) is 12.0. The van der Waals surface area contributed by atoms with Crippen LogP contribution in [0.25, 0.3) is 0 Å². The van der Waals surface area contributed by atoms with Crippen LogP contribution in [0.15, 0.2) is 127 Å². The van der Waals surface area contributed by atoms with E-state index >= 15 is 0 Å². The first-order valence-corrected chi connectivity index (χ1v) is 14.8. The third kappa shape index (κ3) is 5.76. The third-order valence-corrected chi connectivity index (χ3v) is 10.4. The number of methoxy groups -OCH3 is 1. The van der Waals surface area contributed by atoms with Crippen molar-refractivity contribution in [2.24, 2.45) is 0 Å². The smallest absolute Gasteiger partial charge is 0.171 e. The van der Waals surface area contributed by atoms with Gasteiger partial charge in [-0.15, -0.1) is 0 Å². The molecule has 1 atom stereocenters. The van der Waals surface area contributed by atoms with E-state index in [0.717, 1.165) is 33.0 Å². The molecular formula is C36H37O3P. The van der Waals surface area contributed by atoms with Crippen LogP contribution >= 0.6 is 7.14 Å². The van der Waals surface area contributed by atoms with Gasteiger partial charge in [-0.05, 0) is 66.6 Å². The molecular weight excluding hydrogens is 511 g/mol. The minimum Gasteiger partial charge on any atom is -0.497 e. The number of ether oxygens (including phenoxy) is 2. The van der Waals surface area contributed by atoms with E-state index in [1.54, 1.807) is 7.11 Å². The molecule has 0 aliphatic carbocycles. The molecule has 3 nitrogen and oxygen atoms in total. The van der Waals surface area contributed by atoms with Crippen LogP contribution < -0.4 is 25.4 Å². The van der Waals surface area contributed by atoms with Crippen LogP contribution in [0.4, 0.5) is 0 Å². The highest BCUT2D eigenvalue weighted by Crippen LogP contribution is 2.43. The monoisotopic (exact) mass is 548 g/mol. The first-order valence-electron chi connectivity index (χ1n) is 13.1. The van der Waals surface area contributed by atoms with E-state index in [-0.39, 0.29) is 12.8 Å². The van der Waals surface area contributed by atoms with Crippen LogP contribution in [-0.4, -0.2) is 7.11 Å². The minimum atomic E-state index is -3.02. The molecule has 5 aromatic carbocycles. The Morgan fingerprint density at radius 2 is 0.950 bits per heavy atom. The summed E-state index contributed by atoms with van der Waals surface area (Å²) < 4.78 is 26.1. The zero-order chi connectivity index (χ0) is 27.5. The maximum Gasteiger partial charge on any atom is 0.171 e. The molecule has 0 amide bonds. The van der Waals surface area contributed by atoms with Gasteiger partial charge in [0.15, 0.2) is 7.14 Å². The Labute approximate surface area is 238 Å². The van der Waals surface area contributed by atoms with E-state index in [0.29, 0.717) is 5.75 Å². The van der Waals surface area contributed by atoms with Gasteiger partial charge in [-0.1, -0.05) is 106 Å². The van der Waals surface area contributed by atoms with E-state index < -0.39 is 7.14 Å². The molecule has 5 aromatic rings. The quantitative estimate of drug-likeness (QED) is 0.183. The molecule has 5 rings (SSSR count). The number of hydrogen-bond acceptors (Lipinski definition) is 3. The normalized spacial score (nSPS) is 12.6. The fraction of sp³-hybridized carbons (Fsp3) is 0.167. The lowest BCUT2D eigenvalue weighted by molar-refractivity contribution is 0.414. The number of aryl methyl sites for hydroxylation is 1. The molecule has 1 unspecified atom stereocenters. The minimum absolute atomic E-state index is 0. The highest BCUT2D eigenvalue weighted by molar-refractivity contribution is 7.85. The summed E-state index contributed by atoms with van der Waals surface area (Å²) in [7, 11) is -1.34. The lowest BCUT2D eigenvalue weighted by Crippen LogP contribution is -2.24. The predicted molar refractivity (Wildman–Crippen MR) is 169 cm³/mol. The molecule has 0 fully saturated rings. The van der Waals surface area contributed by atoms with Gasteiger partial charge in [-0.25, -0.2) is 0 Å². The molecule has 204 valence electrons. The molecule has 0 bridgehead atoms. The lowest BCUT2D eigenvalue weighted by Gasteiger charge is -2.26. The maximum atomic E-state index is 14.6. The highest BCUT2D eigenvalue weighted by atomic mass is 31.2. The largest absolute Gasteiger partial charge is 0.497 e. The number of hydrogen-bond donors (Lipinski definition) is 0. The van der Waals surface area contributed by atoms with Gasteiger partial charge in [-0.3, -0.25) is 0 Å². The standard InChI is InChI=1S/C35H33O3P.CH4/c1-26-10-22-33(23-11-26)39(36,32-8-6-5-7-9-32)34-24-20-31(21-25-34)38-30-18-14-28(15-19-30)35(2,3)27-12-16-29(37-4)17-13-27;/h5-25H,1-4H3;1H4. The summed E-state index contributed by atoms with van der Waals surface area (Å²) in [4.78, 5) is 0. The predicted octanol–water partition coefficient (Wildman–Crippen LogP) is 8.40. The van der Waals surface area contributed by atoms with Crippen LogP contribution in [0.2, 0.25) is 0 Å². The van der Waals surface area contributed by atoms with E-state index in [1.807, 2.05) is 110 Å². The van der Waals surface area contributed by atoms with E-state index in [2.05, 4.69) is 38.1 Å². The van der Waals surface area contributed by atoms with Gasteiger partial charge in [-0.2, -0.15) is 0 Å². The average Bonchev–Trinajstić information content (AvgIpc) is 2.98.